The van der Waals surface area contributed by atoms with Gasteiger partial charge in [0, 0.05) is 35.1 Å². The molecule has 0 spiro atoms. The zero-order valence-corrected chi connectivity index (χ0v) is 14.0. The van der Waals surface area contributed by atoms with E-state index in [0.29, 0.717) is 6.04 Å². The Morgan fingerprint density at radius 1 is 1.25 bits per heavy atom. The second kappa shape index (κ2) is 6.61. The molecule has 2 N–H and O–H groups in total. The first-order chi connectivity index (χ1) is 11.8. The first kappa shape index (κ1) is 15.1. The standard InChI is InChI=1S/C19H23N5/c1-14-16(11-21-23-14)10-20-18-8-5-9-19-17(18)12-22-24(19)13-15-6-3-2-4-7-15/h2-4,6-7,11-12,18,20H,5,8-10,13H2,1H3,(H,21,23)/t18-/m1/s1. The lowest BCUT2D eigenvalue weighted by Gasteiger charge is -2.24. The van der Waals surface area contributed by atoms with Crippen LogP contribution in [0.1, 0.15) is 47.0 Å². The molecule has 3 aromatic rings. The van der Waals surface area contributed by atoms with Crippen molar-refractivity contribution in [1.82, 2.24) is 25.3 Å². The molecule has 2 aromatic heterocycles. The molecule has 0 unspecified atom stereocenters. The van der Waals surface area contributed by atoms with Crippen LogP contribution in [0.3, 0.4) is 0 Å². The maximum absolute atomic E-state index is 4.66. The molecule has 0 fully saturated rings. The molecule has 1 aliphatic rings. The van der Waals surface area contributed by atoms with Gasteiger partial charge < -0.3 is 5.32 Å². The third-order valence-corrected chi connectivity index (χ3v) is 4.91. The van der Waals surface area contributed by atoms with Gasteiger partial charge in [-0.1, -0.05) is 30.3 Å². The van der Waals surface area contributed by atoms with Gasteiger partial charge in [0.1, 0.15) is 0 Å². The van der Waals surface area contributed by atoms with Crippen molar-refractivity contribution in [3.63, 3.8) is 0 Å². The fourth-order valence-electron chi connectivity index (χ4n) is 3.51. The summed E-state index contributed by atoms with van der Waals surface area (Å²) in [5, 5.41) is 15.4. The summed E-state index contributed by atoms with van der Waals surface area (Å²) in [5.41, 5.74) is 6.41. The van der Waals surface area contributed by atoms with Crippen LogP contribution in [0.15, 0.2) is 42.7 Å². The van der Waals surface area contributed by atoms with E-state index in [9.17, 15) is 0 Å². The van der Waals surface area contributed by atoms with Crippen molar-refractivity contribution in [3.05, 3.63) is 70.8 Å². The third kappa shape index (κ3) is 2.99. The topological polar surface area (TPSA) is 58.5 Å². The molecule has 124 valence electrons. The van der Waals surface area contributed by atoms with Crippen LogP contribution in [0.25, 0.3) is 0 Å². The van der Waals surface area contributed by atoms with Crippen molar-refractivity contribution in [2.75, 3.05) is 0 Å². The minimum atomic E-state index is 0.382. The molecule has 5 nitrogen and oxygen atoms in total. The summed E-state index contributed by atoms with van der Waals surface area (Å²) in [7, 11) is 0. The van der Waals surface area contributed by atoms with Gasteiger partial charge in [-0.25, -0.2) is 0 Å². The molecule has 1 aromatic carbocycles. The van der Waals surface area contributed by atoms with Crippen molar-refractivity contribution in [3.8, 4) is 0 Å². The minimum Gasteiger partial charge on any atom is -0.306 e. The van der Waals surface area contributed by atoms with E-state index < -0.39 is 0 Å². The largest absolute Gasteiger partial charge is 0.306 e. The van der Waals surface area contributed by atoms with Gasteiger partial charge in [0.15, 0.2) is 0 Å². The smallest absolute Gasteiger partial charge is 0.0662 e. The highest BCUT2D eigenvalue weighted by molar-refractivity contribution is 5.27. The van der Waals surface area contributed by atoms with Crippen LogP contribution in [0.5, 0.6) is 0 Å². The molecule has 2 heterocycles. The zero-order valence-electron chi connectivity index (χ0n) is 14.0. The average molecular weight is 321 g/mol. The Hall–Kier alpha value is -2.40. The van der Waals surface area contributed by atoms with E-state index in [1.54, 1.807) is 0 Å². The molecule has 1 aliphatic carbocycles. The van der Waals surface area contributed by atoms with Crippen molar-refractivity contribution < 1.29 is 0 Å². The van der Waals surface area contributed by atoms with Crippen LogP contribution < -0.4 is 5.32 Å². The number of benzene rings is 1. The van der Waals surface area contributed by atoms with Gasteiger partial charge in [0.2, 0.25) is 0 Å². The van der Waals surface area contributed by atoms with Crippen molar-refractivity contribution >= 4 is 0 Å². The molecule has 0 saturated carbocycles. The molecule has 0 radical (unpaired) electrons. The molecular weight excluding hydrogens is 298 g/mol. The van der Waals surface area contributed by atoms with Crippen LogP contribution in [-0.4, -0.2) is 20.0 Å². The summed E-state index contributed by atoms with van der Waals surface area (Å²) in [4.78, 5) is 0. The Morgan fingerprint density at radius 3 is 2.92 bits per heavy atom. The van der Waals surface area contributed by atoms with Gasteiger partial charge in [-0.05, 0) is 31.7 Å². The van der Waals surface area contributed by atoms with Gasteiger partial charge in [0.25, 0.3) is 0 Å². The maximum Gasteiger partial charge on any atom is 0.0662 e. The lowest BCUT2D eigenvalue weighted by Crippen LogP contribution is -2.25. The van der Waals surface area contributed by atoms with Gasteiger partial charge in [-0.2, -0.15) is 10.2 Å². The molecule has 0 bridgehead atoms. The summed E-state index contributed by atoms with van der Waals surface area (Å²) in [6.45, 7) is 3.76. The second-order valence-corrected chi connectivity index (χ2v) is 6.54. The molecular formula is C19H23N5. The van der Waals surface area contributed by atoms with Crippen LogP contribution in [0.4, 0.5) is 0 Å². The second-order valence-electron chi connectivity index (χ2n) is 6.54. The molecule has 5 heteroatoms. The van der Waals surface area contributed by atoms with E-state index in [1.165, 1.54) is 35.2 Å². The highest BCUT2D eigenvalue weighted by atomic mass is 15.3. The maximum atomic E-state index is 4.66. The summed E-state index contributed by atoms with van der Waals surface area (Å²) in [6.07, 6.45) is 7.45. The number of fused-ring (bicyclic) bond motifs is 1. The van der Waals surface area contributed by atoms with Crippen molar-refractivity contribution in [2.45, 2.75) is 45.3 Å². The zero-order chi connectivity index (χ0) is 16.4. The Kier molecular flexibility index (Phi) is 4.17. The lowest BCUT2D eigenvalue weighted by atomic mass is 9.92. The number of hydrogen-bond acceptors (Lipinski definition) is 3. The monoisotopic (exact) mass is 321 g/mol. The Labute approximate surface area is 142 Å². The fraction of sp³-hybridized carbons (Fsp3) is 0.368. The molecule has 1 atom stereocenters. The summed E-state index contributed by atoms with van der Waals surface area (Å²) >= 11 is 0. The number of aromatic nitrogens is 4. The molecule has 24 heavy (non-hydrogen) atoms. The normalized spacial score (nSPS) is 17.0. The first-order valence-corrected chi connectivity index (χ1v) is 8.62. The summed E-state index contributed by atoms with van der Waals surface area (Å²) in [5.74, 6) is 0. The summed E-state index contributed by atoms with van der Waals surface area (Å²) in [6, 6.07) is 10.9. The Bertz CT molecular complexity index is 802. The van der Waals surface area contributed by atoms with E-state index >= 15 is 0 Å². The third-order valence-electron chi connectivity index (χ3n) is 4.91. The molecule has 4 rings (SSSR count). The van der Waals surface area contributed by atoms with Crippen LogP contribution in [-0.2, 0) is 19.5 Å². The minimum absolute atomic E-state index is 0.382. The number of aryl methyl sites for hydroxylation is 1. The predicted octanol–water partition coefficient (Wildman–Crippen LogP) is 3.13. The predicted molar refractivity (Wildman–Crippen MR) is 93.6 cm³/mol. The lowest BCUT2D eigenvalue weighted by molar-refractivity contribution is 0.449. The highest BCUT2D eigenvalue weighted by Gasteiger charge is 2.24. The van der Waals surface area contributed by atoms with Crippen molar-refractivity contribution in [2.24, 2.45) is 0 Å². The number of H-pyrrole nitrogens is 1. The highest BCUT2D eigenvalue weighted by Crippen LogP contribution is 2.30. The van der Waals surface area contributed by atoms with E-state index in [0.717, 1.165) is 25.2 Å². The number of aromatic amines is 1. The molecule has 0 aliphatic heterocycles. The van der Waals surface area contributed by atoms with Crippen LogP contribution in [0.2, 0.25) is 0 Å². The van der Waals surface area contributed by atoms with Crippen LogP contribution >= 0.6 is 0 Å². The molecule has 0 saturated heterocycles. The number of rotatable bonds is 5. The van der Waals surface area contributed by atoms with E-state index in [-0.39, 0.29) is 0 Å². The van der Waals surface area contributed by atoms with Gasteiger partial charge in [-0.15, -0.1) is 0 Å². The van der Waals surface area contributed by atoms with Crippen molar-refractivity contribution in [1.29, 1.82) is 0 Å². The summed E-state index contributed by atoms with van der Waals surface area (Å²) < 4.78 is 2.17. The Balaban J connectivity index is 1.50. The average Bonchev–Trinajstić information content (AvgIpc) is 3.21. The SMILES string of the molecule is Cc1[nH]ncc1CN[C@@H]1CCCc2c1cnn2Cc1ccccc1. The van der Waals surface area contributed by atoms with Gasteiger partial charge in [0.05, 0.1) is 18.9 Å². The Morgan fingerprint density at radius 2 is 2.12 bits per heavy atom. The van der Waals surface area contributed by atoms with Crippen LogP contribution in [0, 0.1) is 6.92 Å². The number of nitrogens with zero attached hydrogens (tertiary/aromatic N) is 3. The number of nitrogens with one attached hydrogen (secondary N) is 2. The first-order valence-electron chi connectivity index (χ1n) is 8.62. The quantitative estimate of drug-likeness (QED) is 0.759. The van der Waals surface area contributed by atoms with Gasteiger partial charge >= 0.3 is 0 Å². The fourth-order valence-corrected chi connectivity index (χ4v) is 3.51. The molecule has 0 amide bonds. The van der Waals surface area contributed by atoms with Gasteiger partial charge in [-0.3, -0.25) is 9.78 Å². The van der Waals surface area contributed by atoms with E-state index in [4.69, 9.17) is 0 Å². The van der Waals surface area contributed by atoms with E-state index in [2.05, 4.69) is 68.7 Å². The number of hydrogen-bond donors (Lipinski definition) is 2. The van der Waals surface area contributed by atoms with E-state index in [1.807, 2.05) is 6.20 Å².